The molecule has 1 aliphatic heterocycles. The number of rotatable bonds is 7. The van der Waals surface area contributed by atoms with Crippen molar-refractivity contribution < 1.29 is 27.0 Å². The minimum atomic E-state index is -4.48. The quantitative estimate of drug-likeness (QED) is 0.348. The topological polar surface area (TPSA) is 34.1 Å². The van der Waals surface area contributed by atoms with E-state index in [0.29, 0.717) is 5.56 Å². The Morgan fingerprint density at radius 1 is 1.23 bits per heavy atom. The number of hydrogen-bond donors (Lipinski definition) is 0. The number of benzene rings is 2. The lowest BCUT2D eigenvalue weighted by Gasteiger charge is -2.42. The Kier molecular flexibility index (Phi) is 6.47. The molecule has 30 heavy (non-hydrogen) atoms. The summed E-state index contributed by atoms with van der Waals surface area (Å²) in [6.45, 7) is 4.50. The molecular weight excluding hydrogens is 400 g/mol. The van der Waals surface area contributed by atoms with Crippen LogP contribution in [0.2, 0.25) is 0 Å². The summed E-state index contributed by atoms with van der Waals surface area (Å²) in [7, 11) is 1.83. The summed E-state index contributed by atoms with van der Waals surface area (Å²) < 4.78 is 65.7. The first-order chi connectivity index (χ1) is 14.2. The van der Waals surface area contributed by atoms with Gasteiger partial charge in [0.1, 0.15) is 17.1 Å². The minimum Gasteiger partial charge on any atom is -0.375 e. The third kappa shape index (κ3) is 4.65. The van der Waals surface area contributed by atoms with Crippen LogP contribution in [0.4, 0.5) is 23.2 Å². The zero-order chi connectivity index (χ0) is 21.9. The van der Waals surface area contributed by atoms with Gasteiger partial charge < -0.3 is 14.4 Å². The maximum absolute atomic E-state index is 14.7. The average Bonchev–Trinajstić information content (AvgIpc) is 2.67. The Hall–Kier alpha value is -2.45. The van der Waals surface area contributed by atoms with Crippen molar-refractivity contribution in [2.45, 2.75) is 32.2 Å². The summed E-state index contributed by atoms with van der Waals surface area (Å²) in [6.07, 6.45) is -2.93. The largest absolute Gasteiger partial charge is 0.416 e. The highest BCUT2D eigenvalue weighted by molar-refractivity contribution is 5.62. The molecule has 1 fully saturated rings. The van der Waals surface area contributed by atoms with Gasteiger partial charge in [0.15, 0.2) is 0 Å². The normalized spacial score (nSPS) is 16.0. The molecule has 0 amide bonds. The van der Waals surface area contributed by atoms with Crippen molar-refractivity contribution >= 4 is 12.0 Å². The molecule has 0 bridgehead atoms. The van der Waals surface area contributed by atoms with Gasteiger partial charge in [0, 0.05) is 13.6 Å². The van der Waals surface area contributed by atoms with Crippen LogP contribution >= 0.6 is 0 Å². The van der Waals surface area contributed by atoms with E-state index >= 15 is 0 Å². The van der Waals surface area contributed by atoms with E-state index in [1.165, 1.54) is 24.3 Å². The fraction of sp³-hybridized carbons (Fsp3) is 0.409. The van der Waals surface area contributed by atoms with Gasteiger partial charge in [0.25, 0.3) is 0 Å². The van der Waals surface area contributed by atoms with E-state index in [9.17, 15) is 17.6 Å². The first-order valence-electron chi connectivity index (χ1n) is 9.58. The summed E-state index contributed by atoms with van der Waals surface area (Å²) in [4.78, 5) is 5.98. The van der Waals surface area contributed by atoms with E-state index in [0.717, 1.165) is 18.2 Å². The van der Waals surface area contributed by atoms with E-state index in [2.05, 4.69) is 4.99 Å². The smallest absolute Gasteiger partial charge is 0.375 e. The highest BCUT2D eigenvalue weighted by Crippen LogP contribution is 2.40. The van der Waals surface area contributed by atoms with Crippen LogP contribution in [0.1, 0.15) is 29.2 Å². The van der Waals surface area contributed by atoms with Crippen LogP contribution in [-0.4, -0.2) is 38.0 Å². The van der Waals surface area contributed by atoms with Gasteiger partial charge in [-0.2, -0.15) is 13.2 Å². The lowest BCUT2D eigenvalue weighted by molar-refractivity contribution is -0.224. The van der Waals surface area contributed by atoms with Crippen molar-refractivity contribution in [2.24, 2.45) is 4.99 Å². The van der Waals surface area contributed by atoms with Crippen LogP contribution in [0.3, 0.4) is 0 Å². The second kappa shape index (κ2) is 8.73. The fourth-order valence-electron chi connectivity index (χ4n) is 3.24. The number of halogens is 4. The predicted octanol–water partition coefficient (Wildman–Crippen LogP) is 5.21. The molecule has 1 saturated heterocycles. The Morgan fingerprint density at radius 2 is 1.93 bits per heavy atom. The first-order valence-corrected chi connectivity index (χ1v) is 9.58. The Balaban J connectivity index is 1.86. The van der Waals surface area contributed by atoms with Crippen LogP contribution in [0, 0.1) is 12.7 Å². The third-order valence-corrected chi connectivity index (χ3v) is 5.17. The van der Waals surface area contributed by atoms with Crippen molar-refractivity contribution in [2.75, 3.05) is 26.8 Å². The summed E-state index contributed by atoms with van der Waals surface area (Å²) in [5.74, 6) is -0.526. The van der Waals surface area contributed by atoms with E-state index in [1.807, 2.05) is 18.9 Å². The van der Waals surface area contributed by atoms with Crippen molar-refractivity contribution in [3.63, 3.8) is 0 Å². The second-order valence-electron chi connectivity index (χ2n) is 7.37. The van der Waals surface area contributed by atoms with Gasteiger partial charge in [-0.05, 0) is 48.7 Å². The van der Waals surface area contributed by atoms with Crippen molar-refractivity contribution in [1.82, 2.24) is 4.90 Å². The number of hydrogen-bond acceptors (Lipinski definition) is 3. The number of aryl methyl sites for hydroxylation is 1. The molecule has 1 aliphatic rings. The van der Waals surface area contributed by atoms with Gasteiger partial charge in [-0.15, -0.1) is 0 Å². The van der Waals surface area contributed by atoms with Crippen LogP contribution in [0.15, 0.2) is 41.4 Å². The van der Waals surface area contributed by atoms with Gasteiger partial charge in [0.05, 0.1) is 31.7 Å². The minimum absolute atomic E-state index is 0.0261. The highest BCUT2D eigenvalue weighted by atomic mass is 19.4. The molecule has 2 aromatic rings. The number of alkyl halides is 3. The molecule has 0 unspecified atom stereocenters. The number of nitrogens with zero attached hydrogens (tertiary/aromatic N) is 2. The average molecular weight is 424 g/mol. The fourth-order valence-corrected chi connectivity index (χ4v) is 3.24. The molecule has 3 rings (SSSR count). The molecule has 0 atom stereocenters. The predicted molar refractivity (Wildman–Crippen MR) is 106 cm³/mol. The maximum atomic E-state index is 14.7. The third-order valence-electron chi connectivity index (χ3n) is 5.17. The Labute approximate surface area is 173 Å². The molecule has 0 aromatic heterocycles. The van der Waals surface area contributed by atoms with Gasteiger partial charge in [-0.25, -0.2) is 9.38 Å². The molecule has 162 valence electrons. The highest BCUT2D eigenvalue weighted by Gasteiger charge is 2.44. The van der Waals surface area contributed by atoms with Crippen LogP contribution in [0.25, 0.3) is 0 Å². The van der Waals surface area contributed by atoms with Gasteiger partial charge >= 0.3 is 6.18 Å². The summed E-state index contributed by atoms with van der Waals surface area (Å²) in [5, 5.41) is 0. The molecule has 4 nitrogen and oxygen atoms in total. The van der Waals surface area contributed by atoms with Gasteiger partial charge in [-0.3, -0.25) is 0 Å². The molecule has 0 N–H and O–H groups in total. The van der Waals surface area contributed by atoms with E-state index in [1.54, 1.807) is 19.3 Å². The Bertz CT molecular complexity index is 924. The summed E-state index contributed by atoms with van der Waals surface area (Å²) in [6, 6.07) is 8.22. The molecule has 0 radical (unpaired) electrons. The maximum Gasteiger partial charge on any atom is 0.416 e. The molecule has 8 heteroatoms. The molecule has 0 aliphatic carbocycles. The van der Waals surface area contributed by atoms with Crippen LogP contribution in [0.5, 0.6) is 0 Å². The van der Waals surface area contributed by atoms with Crippen molar-refractivity contribution in [3.8, 4) is 0 Å². The zero-order valence-electron chi connectivity index (χ0n) is 17.1. The molecular formula is C22H24F4N2O2. The lowest BCUT2D eigenvalue weighted by atomic mass is 9.87. The lowest BCUT2D eigenvalue weighted by Crippen LogP contribution is -2.49. The van der Waals surface area contributed by atoms with E-state index < -0.39 is 23.2 Å². The number of aliphatic imine (C=N–C) groups is 1. The SMILES string of the molecule is CCN(C)C=Nc1cc(C)c(C2(OCc3ccccc3C(F)(F)F)COC2)cc1F. The molecule has 0 saturated carbocycles. The van der Waals surface area contributed by atoms with Gasteiger partial charge in [0.2, 0.25) is 0 Å². The second-order valence-corrected chi connectivity index (χ2v) is 7.37. The molecule has 0 spiro atoms. The first kappa shape index (κ1) is 22.2. The zero-order valence-corrected chi connectivity index (χ0v) is 17.1. The van der Waals surface area contributed by atoms with Crippen molar-refractivity contribution in [3.05, 3.63) is 64.5 Å². The van der Waals surface area contributed by atoms with Gasteiger partial charge in [-0.1, -0.05) is 18.2 Å². The summed E-state index contributed by atoms with van der Waals surface area (Å²) in [5.41, 5.74) is -0.235. The van der Waals surface area contributed by atoms with E-state index in [4.69, 9.17) is 9.47 Å². The Morgan fingerprint density at radius 3 is 2.53 bits per heavy atom. The number of ether oxygens (including phenoxy) is 2. The summed E-state index contributed by atoms with van der Waals surface area (Å²) >= 11 is 0. The standard InChI is InChI=1S/C22H24F4N2O2/c1-4-28(3)14-27-20-9-15(2)18(10-19(20)23)21(12-29-13-21)30-11-16-7-5-6-8-17(16)22(24,25)26/h5-10,14H,4,11-13H2,1-3H3. The van der Waals surface area contributed by atoms with Crippen LogP contribution in [-0.2, 0) is 27.9 Å². The molecule has 1 heterocycles. The molecule has 2 aromatic carbocycles. The van der Waals surface area contributed by atoms with Crippen LogP contribution < -0.4 is 0 Å². The van der Waals surface area contributed by atoms with Crippen molar-refractivity contribution in [1.29, 1.82) is 0 Å². The van der Waals surface area contributed by atoms with E-state index in [-0.39, 0.29) is 31.1 Å². The monoisotopic (exact) mass is 424 g/mol.